The third-order valence-corrected chi connectivity index (χ3v) is 5.20. The maximum absolute atomic E-state index is 12.8. The maximum atomic E-state index is 12.8. The third-order valence-electron chi connectivity index (χ3n) is 5.20. The van der Waals surface area contributed by atoms with E-state index >= 15 is 0 Å². The van der Waals surface area contributed by atoms with Crippen LogP contribution in [0.3, 0.4) is 0 Å². The summed E-state index contributed by atoms with van der Waals surface area (Å²) in [5.41, 5.74) is 7.82. The predicted molar refractivity (Wildman–Crippen MR) is 113 cm³/mol. The van der Waals surface area contributed by atoms with E-state index in [4.69, 9.17) is 0 Å². The molecule has 2 aromatic heterocycles. The first kappa shape index (κ1) is 18.0. The summed E-state index contributed by atoms with van der Waals surface area (Å²) in [7, 11) is 0. The van der Waals surface area contributed by atoms with Crippen molar-refractivity contribution in [3.8, 4) is 5.69 Å². The minimum atomic E-state index is -0.0393. The zero-order valence-electron chi connectivity index (χ0n) is 16.6. The highest BCUT2D eigenvalue weighted by Gasteiger charge is 2.17. The standard InChI is InChI=1S/C23H24N4O/c1-14-9-11-18(12-10-14)27-17(4)23(16(3)26-27)25-22(28)13-20-15(2)24-21-8-6-5-7-19(20)21/h5-12,24H,13H2,1-4H3,(H,25,28). The van der Waals surface area contributed by atoms with Gasteiger partial charge in [-0.1, -0.05) is 35.9 Å². The molecule has 5 heteroatoms. The van der Waals surface area contributed by atoms with Crippen molar-refractivity contribution in [2.75, 3.05) is 5.32 Å². The number of nitrogens with one attached hydrogen (secondary N) is 2. The van der Waals surface area contributed by atoms with Crippen LogP contribution in [0, 0.1) is 27.7 Å². The highest BCUT2D eigenvalue weighted by molar-refractivity contribution is 5.97. The number of H-pyrrole nitrogens is 1. The lowest BCUT2D eigenvalue weighted by atomic mass is 10.1. The van der Waals surface area contributed by atoms with E-state index in [1.165, 1.54) is 5.56 Å². The zero-order chi connectivity index (χ0) is 19.8. The molecule has 0 unspecified atom stereocenters. The van der Waals surface area contributed by atoms with E-state index in [9.17, 15) is 4.79 Å². The molecular formula is C23H24N4O. The van der Waals surface area contributed by atoms with Gasteiger partial charge in [-0.25, -0.2) is 4.68 Å². The average molecular weight is 372 g/mol. The molecule has 0 atom stereocenters. The van der Waals surface area contributed by atoms with Gasteiger partial charge in [0.05, 0.1) is 29.2 Å². The number of nitrogens with zero attached hydrogens (tertiary/aromatic N) is 2. The quantitative estimate of drug-likeness (QED) is 0.542. The Hall–Kier alpha value is -3.34. The maximum Gasteiger partial charge on any atom is 0.228 e. The van der Waals surface area contributed by atoms with Crippen LogP contribution in [0.4, 0.5) is 5.69 Å². The molecule has 0 aliphatic rings. The van der Waals surface area contributed by atoms with Crippen molar-refractivity contribution in [1.29, 1.82) is 0 Å². The fourth-order valence-corrected chi connectivity index (χ4v) is 3.67. The lowest BCUT2D eigenvalue weighted by molar-refractivity contribution is -0.115. The van der Waals surface area contributed by atoms with Crippen LogP contribution in [0.15, 0.2) is 48.5 Å². The van der Waals surface area contributed by atoms with Crippen molar-refractivity contribution >= 4 is 22.5 Å². The molecule has 5 nitrogen and oxygen atoms in total. The molecule has 28 heavy (non-hydrogen) atoms. The summed E-state index contributed by atoms with van der Waals surface area (Å²) < 4.78 is 1.88. The van der Waals surface area contributed by atoms with Gasteiger partial charge in [-0.15, -0.1) is 0 Å². The second-order valence-corrected chi connectivity index (χ2v) is 7.29. The first-order valence-electron chi connectivity index (χ1n) is 9.43. The molecule has 0 saturated carbocycles. The van der Waals surface area contributed by atoms with Crippen LogP contribution in [0.25, 0.3) is 16.6 Å². The molecule has 1 amide bonds. The van der Waals surface area contributed by atoms with E-state index in [1.807, 2.05) is 61.9 Å². The van der Waals surface area contributed by atoms with Gasteiger partial charge in [0.2, 0.25) is 5.91 Å². The van der Waals surface area contributed by atoms with Gasteiger partial charge >= 0.3 is 0 Å². The smallest absolute Gasteiger partial charge is 0.228 e. The van der Waals surface area contributed by atoms with Crippen LogP contribution in [-0.4, -0.2) is 20.7 Å². The monoisotopic (exact) mass is 372 g/mol. The molecular weight excluding hydrogens is 348 g/mol. The molecule has 0 fully saturated rings. The van der Waals surface area contributed by atoms with Gasteiger partial charge in [-0.3, -0.25) is 4.79 Å². The third kappa shape index (κ3) is 3.20. The topological polar surface area (TPSA) is 62.7 Å². The molecule has 2 N–H and O–H groups in total. The molecule has 2 aromatic carbocycles. The van der Waals surface area contributed by atoms with Crippen molar-refractivity contribution in [2.45, 2.75) is 34.1 Å². The number of carbonyl (C=O) groups excluding carboxylic acids is 1. The van der Waals surface area contributed by atoms with Gasteiger partial charge in [0, 0.05) is 16.6 Å². The number of hydrogen-bond acceptors (Lipinski definition) is 2. The Bertz CT molecular complexity index is 1170. The summed E-state index contributed by atoms with van der Waals surface area (Å²) in [6, 6.07) is 16.3. The lowest BCUT2D eigenvalue weighted by Gasteiger charge is -2.08. The average Bonchev–Trinajstić information content (AvgIpc) is 3.13. The van der Waals surface area contributed by atoms with E-state index in [1.54, 1.807) is 0 Å². The predicted octanol–water partition coefficient (Wildman–Crippen LogP) is 4.77. The highest BCUT2D eigenvalue weighted by atomic mass is 16.1. The number of hydrogen-bond donors (Lipinski definition) is 2. The summed E-state index contributed by atoms with van der Waals surface area (Å²) in [6.07, 6.45) is 0.324. The number of para-hydroxylation sites is 1. The van der Waals surface area contributed by atoms with Gasteiger partial charge < -0.3 is 10.3 Å². The fourth-order valence-electron chi connectivity index (χ4n) is 3.67. The first-order chi connectivity index (χ1) is 13.4. The second kappa shape index (κ2) is 7.00. The molecule has 142 valence electrons. The van der Waals surface area contributed by atoms with Gasteiger partial charge in [0.1, 0.15) is 0 Å². The van der Waals surface area contributed by atoms with Crippen LogP contribution in [0.2, 0.25) is 0 Å². The Balaban J connectivity index is 1.60. The normalized spacial score (nSPS) is 11.1. The summed E-state index contributed by atoms with van der Waals surface area (Å²) in [5.74, 6) is -0.0393. The number of anilines is 1. The molecule has 0 radical (unpaired) electrons. The Morgan fingerprint density at radius 1 is 1.04 bits per heavy atom. The van der Waals surface area contributed by atoms with Gasteiger partial charge in [-0.05, 0) is 51.5 Å². The molecule has 0 saturated heterocycles. The van der Waals surface area contributed by atoms with Gasteiger partial charge in [-0.2, -0.15) is 5.10 Å². The van der Waals surface area contributed by atoms with Crippen LogP contribution >= 0.6 is 0 Å². The number of benzene rings is 2. The number of rotatable bonds is 4. The van der Waals surface area contributed by atoms with Crippen molar-refractivity contribution in [1.82, 2.24) is 14.8 Å². The molecule has 4 aromatic rings. The first-order valence-corrected chi connectivity index (χ1v) is 9.43. The number of fused-ring (bicyclic) bond motifs is 1. The molecule has 0 aliphatic heterocycles. The van der Waals surface area contributed by atoms with E-state index in [2.05, 4.69) is 34.5 Å². The van der Waals surface area contributed by atoms with Crippen molar-refractivity contribution in [3.63, 3.8) is 0 Å². The molecule has 2 heterocycles. The number of amides is 1. The van der Waals surface area contributed by atoms with Crippen molar-refractivity contribution in [3.05, 3.63) is 76.7 Å². The van der Waals surface area contributed by atoms with E-state index in [-0.39, 0.29) is 5.91 Å². The Kier molecular flexibility index (Phi) is 4.51. The Morgan fingerprint density at radius 3 is 2.50 bits per heavy atom. The fraction of sp³-hybridized carbons (Fsp3) is 0.217. The highest BCUT2D eigenvalue weighted by Crippen LogP contribution is 2.25. The van der Waals surface area contributed by atoms with Gasteiger partial charge in [0.15, 0.2) is 0 Å². The zero-order valence-corrected chi connectivity index (χ0v) is 16.6. The summed E-state index contributed by atoms with van der Waals surface area (Å²) >= 11 is 0. The van der Waals surface area contributed by atoms with Crippen LogP contribution in [0.1, 0.15) is 28.2 Å². The van der Waals surface area contributed by atoms with Crippen molar-refractivity contribution in [2.24, 2.45) is 0 Å². The minimum Gasteiger partial charge on any atom is -0.358 e. The number of aromatic amines is 1. The second-order valence-electron chi connectivity index (χ2n) is 7.29. The molecule has 0 aliphatic carbocycles. The largest absolute Gasteiger partial charge is 0.358 e. The summed E-state index contributed by atoms with van der Waals surface area (Å²) in [5, 5.41) is 8.79. The van der Waals surface area contributed by atoms with Crippen LogP contribution in [-0.2, 0) is 11.2 Å². The summed E-state index contributed by atoms with van der Waals surface area (Å²) in [6.45, 7) is 7.97. The minimum absolute atomic E-state index is 0.0393. The lowest BCUT2D eigenvalue weighted by Crippen LogP contribution is -2.16. The number of carbonyl (C=O) groups is 1. The number of aromatic nitrogens is 3. The van der Waals surface area contributed by atoms with Crippen LogP contribution < -0.4 is 5.32 Å². The molecule has 4 rings (SSSR count). The van der Waals surface area contributed by atoms with E-state index in [0.29, 0.717) is 6.42 Å². The van der Waals surface area contributed by atoms with E-state index < -0.39 is 0 Å². The van der Waals surface area contributed by atoms with Gasteiger partial charge in [0.25, 0.3) is 0 Å². The Labute approximate surface area is 164 Å². The number of aryl methyl sites for hydroxylation is 3. The van der Waals surface area contributed by atoms with E-state index in [0.717, 1.165) is 44.9 Å². The van der Waals surface area contributed by atoms with Crippen LogP contribution in [0.5, 0.6) is 0 Å². The SMILES string of the molecule is Cc1ccc(-n2nc(C)c(NC(=O)Cc3c(C)[nH]c4ccccc34)c2C)cc1. The molecule has 0 bridgehead atoms. The summed E-state index contributed by atoms with van der Waals surface area (Å²) in [4.78, 5) is 16.2. The van der Waals surface area contributed by atoms with Crippen molar-refractivity contribution < 1.29 is 4.79 Å². The Morgan fingerprint density at radius 2 is 1.75 bits per heavy atom. The molecule has 0 spiro atoms.